The number of hydrogen-bond acceptors (Lipinski definition) is 4. The van der Waals surface area contributed by atoms with Gasteiger partial charge in [0.25, 0.3) is 5.91 Å². The molecular formula is C22H31F2N3O3. The predicted molar refractivity (Wildman–Crippen MR) is 109 cm³/mol. The summed E-state index contributed by atoms with van der Waals surface area (Å²) in [5.41, 5.74) is 0.0178. The number of carbonyl (C=O) groups excluding carboxylic acids is 2. The molecule has 3 rings (SSSR count). The van der Waals surface area contributed by atoms with Crippen molar-refractivity contribution in [2.75, 3.05) is 46.4 Å². The largest absolute Gasteiger partial charge is 0.385 e. The molecular weight excluding hydrogens is 392 g/mol. The molecule has 0 spiro atoms. The molecule has 2 aliphatic rings. The third-order valence-electron chi connectivity index (χ3n) is 6.04. The second-order valence-corrected chi connectivity index (χ2v) is 8.11. The third-order valence-corrected chi connectivity index (χ3v) is 6.04. The quantitative estimate of drug-likeness (QED) is 0.653. The molecule has 1 heterocycles. The van der Waals surface area contributed by atoms with Crippen molar-refractivity contribution in [3.8, 4) is 0 Å². The van der Waals surface area contributed by atoms with Crippen LogP contribution in [0.4, 0.5) is 8.78 Å². The van der Waals surface area contributed by atoms with Gasteiger partial charge in [0.05, 0.1) is 6.04 Å². The topological polar surface area (TPSA) is 61.9 Å². The first-order chi connectivity index (χ1) is 14.5. The van der Waals surface area contributed by atoms with E-state index in [1.165, 1.54) is 0 Å². The molecule has 1 N–H and O–H groups in total. The summed E-state index contributed by atoms with van der Waals surface area (Å²) in [6.45, 7) is 3.18. The average Bonchev–Trinajstić information content (AvgIpc) is 3.25. The number of carbonyl (C=O) groups is 2. The molecule has 1 atom stereocenters. The van der Waals surface area contributed by atoms with Crippen molar-refractivity contribution in [1.29, 1.82) is 0 Å². The maximum absolute atomic E-state index is 13.5. The highest BCUT2D eigenvalue weighted by Crippen LogP contribution is 2.31. The fraction of sp³-hybridized carbons (Fsp3) is 0.636. The molecule has 8 heteroatoms. The molecule has 0 aromatic heterocycles. The summed E-state index contributed by atoms with van der Waals surface area (Å²) in [4.78, 5) is 29.4. The predicted octanol–water partition coefficient (Wildman–Crippen LogP) is 2.43. The molecule has 30 heavy (non-hydrogen) atoms. The van der Waals surface area contributed by atoms with Crippen LogP contribution < -0.4 is 5.32 Å². The SMILES string of the molecule is COCCCNC(=O)C(C1CCCC1)N1CCN(C(=O)c2cc(F)cc(F)c2)CC1. The van der Waals surface area contributed by atoms with Gasteiger partial charge in [-0.25, -0.2) is 8.78 Å². The van der Waals surface area contributed by atoms with E-state index in [0.717, 1.165) is 50.3 Å². The van der Waals surface area contributed by atoms with Crippen molar-refractivity contribution in [2.24, 2.45) is 5.92 Å². The summed E-state index contributed by atoms with van der Waals surface area (Å²) in [5.74, 6) is -1.53. The number of nitrogens with zero attached hydrogens (tertiary/aromatic N) is 2. The average molecular weight is 424 g/mol. The first kappa shape index (κ1) is 22.6. The molecule has 0 radical (unpaired) electrons. The Labute approximate surface area is 176 Å². The van der Waals surface area contributed by atoms with Crippen LogP contribution in [0.5, 0.6) is 0 Å². The van der Waals surface area contributed by atoms with Gasteiger partial charge in [-0.1, -0.05) is 12.8 Å². The molecule has 1 unspecified atom stereocenters. The summed E-state index contributed by atoms with van der Waals surface area (Å²) in [6.07, 6.45) is 5.13. The van der Waals surface area contributed by atoms with Gasteiger partial charge in [-0.15, -0.1) is 0 Å². The molecule has 6 nitrogen and oxygen atoms in total. The van der Waals surface area contributed by atoms with Gasteiger partial charge in [0.15, 0.2) is 0 Å². The molecule has 1 aromatic carbocycles. The van der Waals surface area contributed by atoms with Crippen molar-refractivity contribution in [3.63, 3.8) is 0 Å². The van der Waals surface area contributed by atoms with E-state index in [9.17, 15) is 18.4 Å². The Hall–Kier alpha value is -2.06. The highest BCUT2D eigenvalue weighted by Gasteiger charge is 2.37. The summed E-state index contributed by atoms with van der Waals surface area (Å²) < 4.78 is 32.0. The van der Waals surface area contributed by atoms with E-state index in [4.69, 9.17) is 4.74 Å². The maximum Gasteiger partial charge on any atom is 0.254 e. The van der Waals surface area contributed by atoms with Crippen LogP contribution in [0.15, 0.2) is 18.2 Å². The normalized spacial score (nSPS) is 19.1. The maximum atomic E-state index is 13.5. The van der Waals surface area contributed by atoms with Gasteiger partial charge >= 0.3 is 0 Å². The minimum Gasteiger partial charge on any atom is -0.385 e. The first-order valence-corrected chi connectivity index (χ1v) is 10.8. The third kappa shape index (κ3) is 5.76. The Morgan fingerprint density at radius 3 is 2.33 bits per heavy atom. The number of piperazine rings is 1. The summed E-state index contributed by atoms with van der Waals surface area (Å²) in [6, 6.07) is 2.68. The highest BCUT2D eigenvalue weighted by molar-refractivity contribution is 5.94. The Morgan fingerprint density at radius 1 is 1.10 bits per heavy atom. The van der Waals surface area contributed by atoms with E-state index in [-0.39, 0.29) is 23.4 Å². The fourth-order valence-corrected chi connectivity index (χ4v) is 4.55. The monoisotopic (exact) mass is 423 g/mol. The van der Waals surface area contributed by atoms with Gasteiger partial charge in [-0.3, -0.25) is 14.5 Å². The molecule has 2 fully saturated rings. The summed E-state index contributed by atoms with van der Waals surface area (Å²) in [5, 5.41) is 3.04. The number of hydrogen-bond donors (Lipinski definition) is 1. The lowest BCUT2D eigenvalue weighted by Crippen LogP contribution is -2.58. The lowest BCUT2D eigenvalue weighted by Gasteiger charge is -2.40. The molecule has 0 bridgehead atoms. The number of amides is 2. The van der Waals surface area contributed by atoms with E-state index in [0.29, 0.717) is 45.2 Å². The van der Waals surface area contributed by atoms with Gasteiger partial charge in [0.1, 0.15) is 11.6 Å². The minimum absolute atomic E-state index is 0.0178. The number of halogens is 2. The molecule has 1 aliphatic heterocycles. The van der Waals surface area contributed by atoms with E-state index in [1.54, 1.807) is 12.0 Å². The van der Waals surface area contributed by atoms with Crippen molar-refractivity contribution in [2.45, 2.75) is 38.1 Å². The van der Waals surface area contributed by atoms with Crippen LogP contribution in [0.25, 0.3) is 0 Å². The summed E-state index contributed by atoms with van der Waals surface area (Å²) >= 11 is 0. The van der Waals surface area contributed by atoms with Crippen molar-refractivity contribution >= 4 is 11.8 Å². The standard InChI is InChI=1S/C22H31F2N3O3/c1-30-12-4-7-25-21(28)20(16-5-2-3-6-16)26-8-10-27(11-9-26)22(29)17-13-18(23)15-19(24)14-17/h13-16,20H,2-12H2,1H3,(H,25,28). The molecule has 1 saturated heterocycles. The van der Waals surface area contributed by atoms with E-state index >= 15 is 0 Å². The zero-order valence-electron chi connectivity index (χ0n) is 17.5. The highest BCUT2D eigenvalue weighted by atomic mass is 19.1. The minimum atomic E-state index is -0.761. The first-order valence-electron chi connectivity index (χ1n) is 10.8. The Kier molecular flexibility index (Phi) is 8.16. The van der Waals surface area contributed by atoms with Crippen LogP contribution in [0.3, 0.4) is 0 Å². The molecule has 1 saturated carbocycles. The van der Waals surface area contributed by atoms with Crippen molar-refractivity contribution in [3.05, 3.63) is 35.4 Å². The van der Waals surface area contributed by atoms with Crippen LogP contribution in [0.1, 0.15) is 42.5 Å². The van der Waals surface area contributed by atoms with Crippen molar-refractivity contribution < 1.29 is 23.1 Å². The Morgan fingerprint density at radius 2 is 1.73 bits per heavy atom. The van der Waals surface area contributed by atoms with Crippen LogP contribution in [0, 0.1) is 17.6 Å². The second kappa shape index (κ2) is 10.8. The molecule has 166 valence electrons. The van der Waals surface area contributed by atoms with Crippen LogP contribution >= 0.6 is 0 Å². The molecule has 2 amide bonds. The van der Waals surface area contributed by atoms with Gasteiger partial charge in [-0.05, 0) is 37.3 Å². The summed E-state index contributed by atoms with van der Waals surface area (Å²) in [7, 11) is 1.64. The van der Waals surface area contributed by atoms with Gasteiger partial charge < -0.3 is 15.0 Å². The van der Waals surface area contributed by atoms with Crippen molar-refractivity contribution in [1.82, 2.24) is 15.1 Å². The van der Waals surface area contributed by atoms with Crippen LogP contribution in [0.2, 0.25) is 0 Å². The van der Waals surface area contributed by atoms with Gasteiger partial charge in [0, 0.05) is 58.1 Å². The van der Waals surface area contributed by atoms with E-state index in [1.807, 2.05) is 0 Å². The number of nitrogens with one attached hydrogen (secondary N) is 1. The Balaban J connectivity index is 1.60. The lowest BCUT2D eigenvalue weighted by atomic mass is 9.95. The zero-order chi connectivity index (χ0) is 21.5. The smallest absolute Gasteiger partial charge is 0.254 e. The molecule has 1 aliphatic carbocycles. The van der Waals surface area contributed by atoms with E-state index in [2.05, 4.69) is 10.2 Å². The fourth-order valence-electron chi connectivity index (χ4n) is 4.55. The van der Waals surface area contributed by atoms with Gasteiger partial charge in [-0.2, -0.15) is 0 Å². The number of rotatable bonds is 8. The zero-order valence-corrected chi connectivity index (χ0v) is 17.5. The number of ether oxygens (including phenoxy) is 1. The Bertz CT molecular complexity index is 712. The van der Waals surface area contributed by atoms with Crippen LogP contribution in [-0.4, -0.2) is 74.1 Å². The molecule has 1 aromatic rings. The second-order valence-electron chi connectivity index (χ2n) is 8.11. The van der Waals surface area contributed by atoms with Crippen LogP contribution in [-0.2, 0) is 9.53 Å². The van der Waals surface area contributed by atoms with E-state index < -0.39 is 11.6 Å². The lowest BCUT2D eigenvalue weighted by molar-refractivity contribution is -0.129. The van der Waals surface area contributed by atoms with Gasteiger partial charge in [0.2, 0.25) is 5.91 Å². The number of benzene rings is 1. The number of methoxy groups -OCH3 is 1.